The molecule has 0 aliphatic heterocycles. The molecule has 2 heteroatoms. The summed E-state index contributed by atoms with van der Waals surface area (Å²) in [5.74, 6) is 0. The number of benzene rings is 1. The molecular formula is C15H23NO. The summed E-state index contributed by atoms with van der Waals surface area (Å²) < 4.78 is 0. The highest BCUT2D eigenvalue weighted by Crippen LogP contribution is 2.17. The average molecular weight is 233 g/mol. The van der Waals surface area contributed by atoms with Gasteiger partial charge in [-0.2, -0.15) is 0 Å². The molecular weight excluding hydrogens is 210 g/mol. The average Bonchev–Trinajstić information content (AvgIpc) is 2.65. The van der Waals surface area contributed by atoms with E-state index in [9.17, 15) is 0 Å². The van der Waals surface area contributed by atoms with Crippen molar-refractivity contribution in [2.45, 2.75) is 57.7 Å². The van der Waals surface area contributed by atoms with E-state index in [1.165, 1.54) is 44.1 Å². The zero-order valence-electron chi connectivity index (χ0n) is 10.5. The van der Waals surface area contributed by atoms with Gasteiger partial charge in [0, 0.05) is 12.6 Å². The Morgan fingerprint density at radius 3 is 2.47 bits per heavy atom. The third-order valence-corrected chi connectivity index (χ3v) is 3.62. The predicted molar refractivity (Wildman–Crippen MR) is 70.7 cm³/mol. The second-order valence-corrected chi connectivity index (χ2v) is 5.05. The number of rotatable bonds is 4. The predicted octanol–water partition coefficient (Wildman–Crippen LogP) is 2.99. The largest absolute Gasteiger partial charge is 0.392 e. The van der Waals surface area contributed by atoms with Gasteiger partial charge in [-0.3, -0.25) is 0 Å². The first-order valence-electron chi connectivity index (χ1n) is 6.80. The summed E-state index contributed by atoms with van der Waals surface area (Å²) >= 11 is 0. The van der Waals surface area contributed by atoms with Crippen molar-refractivity contribution in [2.75, 3.05) is 0 Å². The van der Waals surface area contributed by atoms with Crippen LogP contribution in [-0.4, -0.2) is 11.1 Å². The van der Waals surface area contributed by atoms with Crippen molar-refractivity contribution in [2.24, 2.45) is 0 Å². The van der Waals surface area contributed by atoms with Gasteiger partial charge < -0.3 is 10.4 Å². The number of hydrogen-bond donors (Lipinski definition) is 2. The molecule has 94 valence electrons. The second kappa shape index (κ2) is 6.77. The Hall–Kier alpha value is -0.860. The standard InChI is InChI=1S/C15H23NO/c17-12-14-7-5-6-13(10-14)11-16-15-8-3-1-2-4-9-15/h5-7,10,15-17H,1-4,8-9,11-12H2. The third kappa shape index (κ3) is 4.14. The molecule has 1 aromatic carbocycles. The molecule has 0 radical (unpaired) electrons. The lowest BCUT2D eigenvalue weighted by Crippen LogP contribution is -2.27. The van der Waals surface area contributed by atoms with Crippen LogP contribution in [0.5, 0.6) is 0 Å². The Morgan fingerprint density at radius 2 is 1.76 bits per heavy atom. The van der Waals surface area contributed by atoms with Crippen LogP contribution in [0.15, 0.2) is 24.3 Å². The fourth-order valence-corrected chi connectivity index (χ4v) is 2.58. The van der Waals surface area contributed by atoms with E-state index in [4.69, 9.17) is 5.11 Å². The normalized spacial score (nSPS) is 17.9. The van der Waals surface area contributed by atoms with E-state index < -0.39 is 0 Å². The molecule has 1 aromatic rings. The molecule has 1 saturated carbocycles. The minimum Gasteiger partial charge on any atom is -0.392 e. The second-order valence-electron chi connectivity index (χ2n) is 5.05. The van der Waals surface area contributed by atoms with E-state index in [0.29, 0.717) is 6.04 Å². The van der Waals surface area contributed by atoms with Crippen LogP contribution in [0.3, 0.4) is 0 Å². The number of hydrogen-bond acceptors (Lipinski definition) is 2. The van der Waals surface area contributed by atoms with Crippen LogP contribution >= 0.6 is 0 Å². The number of aliphatic hydroxyl groups is 1. The number of aliphatic hydroxyl groups excluding tert-OH is 1. The van der Waals surface area contributed by atoms with Crippen LogP contribution in [0.1, 0.15) is 49.7 Å². The van der Waals surface area contributed by atoms with Gasteiger partial charge in [-0.05, 0) is 24.0 Å². The van der Waals surface area contributed by atoms with Crippen molar-refractivity contribution in [1.29, 1.82) is 0 Å². The summed E-state index contributed by atoms with van der Waals surface area (Å²) in [7, 11) is 0. The lowest BCUT2D eigenvalue weighted by atomic mass is 10.1. The fourth-order valence-electron chi connectivity index (χ4n) is 2.58. The lowest BCUT2D eigenvalue weighted by molar-refractivity contribution is 0.281. The van der Waals surface area contributed by atoms with Crippen molar-refractivity contribution in [3.05, 3.63) is 35.4 Å². The Kier molecular flexibility index (Phi) is 5.02. The Labute approximate surface area is 104 Å². The van der Waals surface area contributed by atoms with Gasteiger partial charge in [0.1, 0.15) is 0 Å². The Balaban J connectivity index is 1.83. The van der Waals surface area contributed by atoms with Crippen molar-refractivity contribution in [3.63, 3.8) is 0 Å². The first kappa shape index (κ1) is 12.6. The first-order chi connectivity index (χ1) is 8.38. The minimum absolute atomic E-state index is 0.136. The van der Waals surface area contributed by atoms with E-state index in [0.717, 1.165) is 12.1 Å². The molecule has 1 aliphatic rings. The van der Waals surface area contributed by atoms with Crippen LogP contribution in [0, 0.1) is 0 Å². The van der Waals surface area contributed by atoms with E-state index in [-0.39, 0.29) is 6.61 Å². The summed E-state index contributed by atoms with van der Waals surface area (Å²) in [6.45, 7) is 1.07. The van der Waals surface area contributed by atoms with Gasteiger partial charge in [0.25, 0.3) is 0 Å². The zero-order chi connectivity index (χ0) is 11.9. The topological polar surface area (TPSA) is 32.3 Å². The number of nitrogens with one attached hydrogen (secondary N) is 1. The summed E-state index contributed by atoms with van der Waals surface area (Å²) in [6, 6.07) is 8.90. The summed E-state index contributed by atoms with van der Waals surface area (Å²) in [6.07, 6.45) is 8.18. The molecule has 0 aromatic heterocycles. The molecule has 2 nitrogen and oxygen atoms in total. The molecule has 0 saturated heterocycles. The smallest absolute Gasteiger partial charge is 0.0681 e. The van der Waals surface area contributed by atoms with Crippen LogP contribution in [0.4, 0.5) is 0 Å². The molecule has 2 N–H and O–H groups in total. The van der Waals surface area contributed by atoms with E-state index in [1.54, 1.807) is 0 Å². The van der Waals surface area contributed by atoms with Gasteiger partial charge >= 0.3 is 0 Å². The molecule has 0 heterocycles. The summed E-state index contributed by atoms with van der Waals surface area (Å²) in [4.78, 5) is 0. The minimum atomic E-state index is 0.136. The highest BCUT2D eigenvalue weighted by Gasteiger charge is 2.11. The fraction of sp³-hybridized carbons (Fsp3) is 0.600. The van der Waals surface area contributed by atoms with Crippen molar-refractivity contribution < 1.29 is 5.11 Å². The molecule has 0 spiro atoms. The van der Waals surface area contributed by atoms with E-state index >= 15 is 0 Å². The van der Waals surface area contributed by atoms with Gasteiger partial charge in [0.2, 0.25) is 0 Å². The van der Waals surface area contributed by atoms with Crippen molar-refractivity contribution in [1.82, 2.24) is 5.32 Å². The Bertz CT molecular complexity index is 329. The molecule has 1 fully saturated rings. The maximum Gasteiger partial charge on any atom is 0.0681 e. The molecule has 0 unspecified atom stereocenters. The highest BCUT2D eigenvalue weighted by atomic mass is 16.3. The molecule has 0 atom stereocenters. The van der Waals surface area contributed by atoms with Crippen LogP contribution in [0.25, 0.3) is 0 Å². The maximum atomic E-state index is 9.10. The Morgan fingerprint density at radius 1 is 1.06 bits per heavy atom. The molecule has 1 aliphatic carbocycles. The van der Waals surface area contributed by atoms with E-state index in [1.807, 2.05) is 12.1 Å². The third-order valence-electron chi connectivity index (χ3n) is 3.62. The van der Waals surface area contributed by atoms with E-state index in [2.05, 4.69) is 17.4 Å². The van der Waals surface area contributed by atoms with Crippen LogP contribution < -0.4 is 5.32 Å². The highest BCUT2D eigenvalue weighted by molar-refractivity contribution is 5.22. The lowest BCUT2D eigenvalue weighted by Gasteiger charge is -2.16. The first-order valence-corrected chi connectivity index (χ1v) is 6.80. The SMILES string of the molecule is OCc1cccc(CNC2CCCCCC2)c1. The molecule has 17 heavy (non-hydrogen) atoms. The zero-order valence-corrected chi connectivity index (χ0v) is 10.5. The van der Waals surface area contributed by atoms with Crippen LogP contribution in [0.2, 0.25) is 0 Å². The summed E-state index contributed by atoms with van der Waals surface area (Å²) in [5, 5.41) is 12.7. The van der Waals surface area contributed by atoms with Gasteiger partial charge in [-0.1, -0.05) is 49.9 Å². The van der Waals surface area contributed by atoms with Gasteiger partial charge in [0.15, 0.2) is 0 Å². The van der Waals surface area contributed by atoms with Crippen molar-refractivity contribution in [3.8, 4) is 0 Å². The summed E-state index contributed by atoms with van der Waals surface area (Å²) in [5.41, 5.74) is 2.28. The maximum absolute atomic E-state index is 9.10. The van der Waals surface area contributed by atoms with Gasteiger partial charge in [-0.15, -0.1) is 0 Å². The molecule has 0 bridgehead atoms. The van der Waals surface area contributed by atoms with Crippen molar-refractivity contribution >= 4 is 0 Å². The van der Waals surface area contributed by atoms with Gasteiger partial charge in [-0.25, -0.2) is 0 Å². The quantitative estimate of drug-likeness (QED) is 0.784. The van der Waals surface area contributed by atoms with Gasteiger partial charge in [0.05, 0.1) is 6.61 Å². The molecule has 0 amide bonds. The monoisotopic (exact) mass is 233 g/mol. The van der Waals surface area contributed by atoms with Crippen LogP contribution in [-0.2, 0) is 13.2 Å². The molecule has 2 rings (SSSR count).